The number of nitrogens with zero attached hydrogens (tertiary/aromatic N) is 2. The molecule has 0 atom stereocenters. The van der Waals surface area contributed by atoms with Gasteiger partial charge in [0, 0.05) is 12.6 Å². The molecule has 2 heterocycles. The summed E-state index contributed by atoms with van der Waals surface area (Å²) < 4.78 is 5.49. The summed E-state index contributed by atoms with van der Waals surface area (Å²) in [5, 5.41) is 0. The lowest BCUT2D eigenvalue weighted by Gasteiger charge is -1.91. The van der Waals surface area contributed by atoms with E-state index in [4.69, 9.17) is 4.42 Å². The standard InChI is InChI=1S/C10H12N2O/c1-3-7-5-8-10(11-6-7)12-9(4-2)13-8/h5-6H,3-4H2,1-2H3. The topological polar surface area (TPSA) is 38.9 Å². The van der Waals surface area contributed by atoms with E-state index in [2.05, 4.69) is 16.9 Å². The molecule has 0 aliphatic heterocycles. The first-order chi connectivity index (χ1) is 6.33. The van der Waals surface area contributed by atoms with Crippen LogP contribution in [0.2, 0.25) is 0 Å². The average Bonchev–Trinajstić information content (AvgIpc) is 2.58. The highest BCUT2D eigenvalue weighted by molar-refractivity contribution is 5.68. The van der Waals surface area contributed by atoms with E-state index in [1.165, 1.54) is 5.56 Å². The third-order valence-electron chi connectivity index (χ3n) is 2.06. The largest absolute Gasteiger partial charge is 0.439 e. The lowest BCUT2D eigenvalue weighted by molar-refractivity contribution is 0.537. The molecular formula is C10H12N2O. The third-order valence-corrected chi connectivity index (χ3v) is 2.06. The molecule has 0 fully saturated rings. The Balaban J connectivity index is 2.57. The molecule has 3 heteroatoms. The zero-order valence-corrected chi connectivity index (χ0v) is 7.87. The van der Waals surface area contributed by atoms with E-state index in [1.54, 1.807) is 0 Å². The molecule has 0 amide bonds. The average molecular weight is 176 g/mol. The van der Waals surface area contributed by atoms with Gasteiger partial charge in [-0.1, -0.05) is 13.8 Å². The number of fused-ring (bicyclic) bond motifs is 1. The summed E-state index contributed by atoms with van der Waals surface area (Å²) in [6.07, 6.45) is 3.65. The van der Waals surface area contributed by atoms with Crippen molar-refractivity contribution in [2.24, 2.45) is 0 Å². The van der Waals surface area contributed by atoms with Gasteiger partial charge in [0.05, 0.1) is 0 Å². The zero-order chi connectivity index (χ0) is 9.26. The number of rotatable bonds is 2. The fourth-order valence-corrected chi connectivity index (χ4v) is 1.25. The maximum absolute atomic E-state index is 5.49. The van der Waals surface area contributed by atoms with Gasteiger partial charge in [0.1, 0.15) is 0 Å². The van der Waals surface area contributed by atoms with Crippen LogP contribution in [0.5, 0.6) is 0 Å². The molecule has 0 saturated heterocycles. The van der Waals surface area contributed by atoms with Crippen LogP contribution in [0.25, 0.3) is 11.2 Å². The van der Waals surface area contributed by atoms with Gasteiger partial charge in [-0.3, -0.25) is 0 Å². The minimum absolute atomic E-state index is 0.717. The maximum atomic E-state index is 5.49. The fourth-order valence-electron chi connectivity index (χ4n) is 1.25. The van der Waals surface area contributed by atoms with Crippen molar-refractivity contribution in [3.8, 4) is 0 Å². The van der Waals surface area contributed by atoms with Crippen LogP contribution in [0.1, 0.15) is 25.3 Å². The summed E-state index contributed by atoms with van der Waals surface area (Å²) in [5.41, 5.74) is 2.71. The minimum atomic E-state index is 0.717. The Bertz CT molecular complexity index is 418. The van der Waals surface area contributed by atoms with Crippen molar-refractivity contribution in [3.63, 3.8) is 0 Å². The van der Waals surface area contributed by atoms with Crippen molar-refractivity contribution >= 4 is 11.2 Å². The second-order valence-corrected chi connectivity index (χ2v) is 2.98. The molecule has 68 valence electrons. The van der Waals surface area contributed by atoms with E-state index < -0.39 is 0 Å². The number of aromatic nitrogens is 2. The number of pyridine rings is 1. The molecule has 0 unspecified atom stereocenters. The van der Waals surface area contributed by atoms with Crippen molar-refractivity contribution in [1.82, 2.24) is 9.97 Å². The highest BCUT2D eigenvalue weighted by Gasteiger charge is 2.04. The van der Waals surface area contributed by atoms with E-state index >= 15 is 0 Å². The van der Waals surface area contributed by atoms with Crippen molar-refractivity contribution in [1.29, 1.82) is 0 Å². The lowest BCUT2D eigenvalue weighted by Crippen LogP contribution is -1.82. The van der Waals surface area contributed by atoms with Gasteiger partial charge in [0.2, 0.25) is 0 Å². The summed E-state index contributed by atoms with van der Waals surface area (Å²) >= 11 is 0. The number of hydrogen-bond acceptors (Lipinski definition) is 3. The van der Waals surface area contributed by atoms with Crippen molar-refractivity contribution in [3.05, 3.63) is 23.7 Å². The molecule has 2 aromatic heterocycles. The Morgan fingerprint density at radius 3 is 2.85 bits per heavy atom. The Morgan fingerprint density at radius 2 is 2.15 bits per heavy atom. The van der Waals surface area contributed by atoms with Crippen LogP contribution in [0.3, 0.4) is 0 Å². The summed E-state index contributed by atoms with van der Waals surface area (Å²) in [6, 6.07) is 2.01. The monoisotopic (exact) mass is 176 g/mol. The molecule has 0 N–H and O–H groups in total. The fraction of sp³-hybridized carbons (Fsp3) is 0.400. The maximum Gasteiger partial charge on any atom is 0.198 e. The second kappa shape index (κ2) is 3.17. The van der Waals surface area contributed by atoms with Gasteiger partial charge in [-0.05, 0) is 18.1 Å². The third kappa shape index (κ3) is 1.41. The molecular weight excluding hydrogens is 164 g/mol. The predicted octanol–water partition coefficient (Wildman–Crippen LogP) is 2.35. The number of hydrogen-bond donors (Lipinski definition) is 0. The molecule has 13 heavy (non-hydrogen) atoms. The molecule has 0 spiro atoms. The van der Waals surface area contributed by atoms with E-state index in [0.29, 0.717) is 5.65 Å². The Kier molecular flexibility index (Phi) is 2.00. The first-order valence-corrected chi connectivity index (χ1v) is 4.57. The highest BCUT2D eigenvalue weighted by Crippen LogP contribution is 2.15. The van der Waals surface area contributed by atoms with Gasteiger partial charge >= 0.3 is 0 Å². The van der Waals surface area contributed by atoms with Crippen molar-refractivity contribution in [2.45, 2.75) is 26.7 Å². The summed E-state index contributed by atoms with van der Waals surface area (Å²) in [7, 11) is 0. The lowest BCUT2D eigenvalue weighted by atomic mass is 10.2. The van der Waals surface area contributed by atoms with Crippen LogP contribution in [0.4, 0.5) is 0 Å². The number of oxazole rings is 1. The van der Waals surface area contributed by atoms with Gasteiger partial charge < -0.3 is 4.42 Å². The highest BCUT2D eigenvalue weighted by atomic mass is 16.3. The molecule has 0 aromatic carbocycles. The molecule has 0 bridgehead atoms. The van der Waals surface area contributed by atoms with Crippen LogP contribution in [-0.2, 0) is 12.8 Å². The van der Waals surface area contributed by atoms with Crippen LogP contribution in [0, 0.1) is 0 Å². The van der Waals surface area contributed by atoms with Crippen LogP contribution < -0.4 is 0 Å². The first kappa shape index (κ1) is 8.23. The molecule has 0 saturated carbocycles. The minimum Gasteiger partial charge on any atom is -0.439 e. The first-order valence-electron chi connectivity index (χ1n) is 4.57. The van der Waals surface area contributed by atoms with Crippen LogP contribution in [0.15, 0.2) is 16.7 Å². The SMILES string of the molecule is CCc1cnc2nc(CC)oc2c1. The zero-order valence-electron chi connectivity index (χ0n) is 7.87. The van der Waals surface area contributed by atoms with E-state index in [-0.39, 0.29) is 0 Å². The second-order valence-electron chi connectivity index (χ2n) is 2.98. The summed E-state index contributed by atoms with van der Waals surface area (Å²) in [6.45, 7) is 4.12. The van der Waals surface area contributed by atoms with E-state index in [0.717, 1.165) is 24.3 Å². The van der Waals surface area contributed by atoms with Crippen LogP contribution >= 0.6 is 0 Å². The predicted molar refractivity (Wildman–Crippen MR) is 50.6 cm³/mol. The molecule has 0 radical (unpaired) electrons. The van der Waals surface area contributed by atoms with Crippen LogP contribution in [-0.4, -0.2) is 9.97 Å². The smallest absolute Gasteiger partial charge is 0.198 e. The van der Waals surface area contributed by atoms with Crippen molar-refractivity contribution in [2.75, 3.05) is 0 Å². The quantitative estimate of drug-likeness (QED) is 0.705. The van der Waals surface area contributed by atoms with Gasteiger partial charge in [-0.15, -0.1) is 0 Å². The molecule has 2 rings (SSSR count). The number of aryl methyl sites for hydroxylation is 2. The van der Waals surface area contributed by atoms with E-state index in [1.807, 2.05) is 19.2 Å². The normalized spacial score (nSPS) is 10.9. The molecule has 3 nitrogen and oxygen atoms in total. The summed E-state index contributed by atoms with van der Waals surface area (Å²) in [5.74, 6) is 0.760. The van der Waals surface area contributed by atoms with Gasteiger partial charge in [0.25, 0.3) is 0 Å². The van der Waals surface area contributed by atoms with Gasteiger partial charge in [0.15, 0.2) is 17.1 Å². The van der Waals surface area contributed by atoms with Gasteiger partial charge in [-0.25, -0.2) is 4.98 Å². The Morgan fingerprint density at radius 1 is 1.31 bits per heavy atom. The molecule has 2 aromatic rings. The molecule has 0 aliphatic rings. The van der Waals surface area contributed by atoms with Gasteiger partial charge in [-0.2, -0.15) is 4.98 Å². The molecule has 0 aliphatic carbocycles. The Labute approximate surface area is 76.8 Å². The van der Waals surface area contributed by atoms with Crippen molar-refractivity contribution < 1.29 is 4.42 Å². The van der Waals surface area contributed by atoms with E-state index in [9.17, 15) is 0 Å². The Hall–Kier alpha value is -1.38. The summed E-state index contributed by atoms with van der Waals surface area (Å²) in [4.78, 5) is 8.44.